The number of aromatic nitrogens is 6. The van der Waals surface area contributed by atoms with E-state index in [9.17, 15) is 4.79 Å². The smallest absolute Gasteiger partial charge is 0.284 e. The van der Waals surface area contributed by atoms with Crippen LogP contribution in [0.25, 0.3) is 33.5 Å². The average molecular weight is 430 g/mol. The Balaban J connectivity index is 1.77. The molecule has 0 aliphatic heterocycles. The lowest BCUT2D eigenvalue weighted by molar-refractivity contribution is 0.0956. The van der Waals surface area contributed by atoms with Crippen LogP contribution in [0.15, 0.2) is 67.3 Å². The van der Waals surface area contributed by atoms with Crippen molar-refractivity contribution in [1.29, 1.82) is 0 Å². The molecule has 0 unspecified atom stereocenters. The number of pyridine rings is 1. The highest BCUT2D eigenvalue weighted by atomic mass is 35.5. The van der Waals surface area contributed by atoms with Crippen LogP contribution < -0.4 is 5.73 Å². The van der Waals surface area contributed by atoms with E-state index in [0.29, 0.717) is 33.2 Å². The molecule has 0 atom stereocenters. The first-order valence-corrected chi connectivity index (χ1v) is 9.79. The summed E-state index contributed by atoms with van der Waals surface area (Å²) in [6.07, 6.45) is 6.75. The standard InChI is InChI=1S/C22H16ClN7O/c1-29-10-6-16(28-29)19-18(14-11-13-5-4-7-25-17(13)15(23)12-14)26-20(21(24)27-19)22(31)30-8-2-3-9-30/h2-12H,1H3,(H2,24,27). The van der Waals surface area contributed by atoms with Crippen molar-refractivity contribution < 1.29 is 4.79 Å². The van der Waals surface area contributed by atoms with Gasteiger partial charge in [-0.05, 0) is 36.4 Å². The minimum atomic E-state index is -0.377. The molecule has 0 radical (unpaired) electrons. The van der Waals surface area contributed by atoms with E-state index in [0.717, 1.165) is 5.39 Å². The van der Waals surface area contributed by atoms with Crippen molar-refractivity contribution in [3.63, 3.8) is 0 Å². The summed E-state index contributed by atoms with van der Waals surface area (Å²) in [5.74, 6) is -0.353. The van der Waals surface area contributed by atoms with E-state index in [1.807, 2.05) is 31.3 Å². The summed E-state index contributed by atoms with van der Waals surface area (Å²) in [7, 11) is 1.81. The number of carbonyl (C=O) groups excluding carboxylic acids is 1. The van der Waals surface area contributed by atoms with Crippen LogP contribution in [0, 0.1) is 0 Å². The Hall–Kier alpha value is -4.04. The van der Waals surface area contributed by atoms with Gasteiger partial charge in [0, 0.05) is 42.8 Å². The Kier molecular flexibility index (Phi) is 4.48. The topological polar surface area (TPSA) is 105 Å². The second kappa shape index (κ2) is 7.33. The monoisotopic (exact) mass is 429 g/mol. The van der Waals surface area contributed by atoms with Crippen molar-refractivity contribution in [1.82, 2.24) is 29.3 Å². The summed E-state index contributed by atoms with van der Waals surface area (Å²) >= 11 is 6.50. The molecule has 0 aliphatic carbocycles. The van der Waals surface area contributed by atoms with E-state index < -0.39 is 0 Å². The van der Waals surface area contributed by atoms with Crippen molar-refractivity contribution in [2.24, 2.45) is 7.05 Å². The second-order valence-corrected chi connectivity index (χ2v) is 7.37. The maximum Gasteiger partial charge on any atom is 0.284 e. The molecule has 9 heteroatoms. The van der Waals surface area contributed by atoms with Crippen LogP contribution in [-0.4, -0.2) is 35.2 Å². The Bertz CT molecular complexity index is 1440. The number of hydrogen-bond acceptors (Lipinski definition) is 6. The molecule has 0 spiro atoms. The fourth-order valence-electron chi connectivity index (χ4n) is 3.40. The summed E-state index contributed by atoms with van der Waals surface area (Å²) in [4.78, 5) is 26.5. The van der Waals surface area contributed by atoms with Gasteiger partial charge in [-0.3, -0.25) is 19.0 Å². The first-order chi connectivity index (χ1) is 15.0. The highest BCUT2D eigenvalue weighted by Gasteiger charge is 2.22. The summed E-state index contributed by atoms with van der Waals surface area (Å²) in [5.41, 5.74) is 9.07. The predicted molar refractivity (Wildman–Crippen MR) is 119 cm³/mol. The molecule has 0 bridgehead atoms. The molecule has 5 rings (SSSR count). The van der Waals surface area contributed by atoms with Crippen molar-refractivity contribution in [3.05, 3.63) is 78.0 Å². The van der Waals surface area contributed by atoms with Gasteiger partial charge in [0.05, 0.1) is 16.2 Å². The molecule has 0 saturated heterocycles. The molecule has 0 saturated carbocycles. The molecule has 1 aromatic carbocycles. The van der Waals surface area contributed by atoms with Gasteiger partial charge in [0.2, 0.25) is 0 Å². The third kappa shape index (κ3) is 3.32. The summed E-state index contributed by atoms with van der Waals surface area (Å²) < 4.78 is 3.06. The molecule has 152 valence electrons. The van der Waals surface area contributed by atoms with Gasteiger partial charge < -0.3 is 5.73 Å². The predicted octanol–water partition coefficient (Wildman–Crippen LogP) is 3.82. The van der Waals surface area contributed by atoms with E-state index in [4.69, 9.17) is 17.3 Å². The van der Waals surface area contributed by atoms with Gasteiger partial charge in [-0.1, -0.05) is 17.7 Å². The van der Waals surface area contributed by atoms with Crippen LogP contribution in [0.4, 0.5) is 5.82 Å². The number of halogens is 1. The van der Waals surface area contributed by atoms with E-state index in [-0.39, 0.29) is 17.4 Å². The van der Waals surface area contributed by atoms with E-state index >= 15 is 0 Å². The third-order valence-corrected chi connectivity index (χ3v) is 5.14. The maximum atomic E-state index is 13.0. The number of carbonyl (C=O) groups is 1. The average Bonchev–Trinajstić information content (AvgIpc) is 3.45. The molecule has 0 amide bonds. The number of benzene rings is 1. The lowest BCUT2D eigenvalue weighted by Crippen LogP contribution is -2.16. The highest BCUT2D eigenvalue weighted by molar-refractivity contribution is 6.35. The summed E-state index contributed by atoms with van der Waals surface area (Å²) in [6, 6.07) is 12.7. The summed E-state index contributed by atoms with van der Waals surface area (Å²) in [6.45, 7) is 0. The fourth-order valence-corrected chi connectivity index (χ4v) is 3.68. The van der Waals surface area contributed by atoms with Gasteiger partial charge in [0.15, 0.2) is 11.5 Å². The van der Waals surface area contributed by atoms with Gasteiger partial charge in [-0.15, -0.1) is 0 Å². The van der Waals surface area contributed by atoms with E-state index in [1.165, 1.54) is 4.57 Å². The number of anilines is 1. The quantitative estimate of drug-likeness (QED) is 0.467. The zero-order valence-corrected chi connectivity index (χ0v) is 17.2. The highest BCUT2D eigenvalue weighted by Crippen LogP contribution is 2.34. The third-order valence-electron chi connectivity index (χ3n) is 4.85. The fraction of sp³-hybridized carbons (Fsp3) is 0.0455. The number of hydrogen-bond donors (Lipinski definition) is 1. The Morgan fingerprint density at radius 3 is 2.58 bits per heavy atom. The van der Waals surface area contributed by atoms with E-state index in [1.54, 1.807) is 47.7 Å². The molecule has 4 aromatic heterocycles. The number of rotatable bonds is 3. The SMILES string of the molecule is Cn1ccc(-c2nc(N)c(C(=O)n3cccc3)nc2-c2cc(Cl)c3ncccc3c2)n1. The van der Waals surface area contributed by atoms with E-state index in [2.05, 4.69) is 20.1 Å². The number of aryl methyl sites for hydroxylation is 1. The maximum absolute atomic E-state index is 13.0. The Morgan fingerprint density at radius 1 is 1.03 bits per heavy atom. The van der Waals surface area contributed by atoms with Crippen LogP contribution in [0.1, 0.15) is 10.5 Å². The zero-order valence-electron chi connectivity index (χ0n) is 16.4. The summed E-state index contributed by atoms with van der Waals surface area (Å²) in [5, 5.41) is 5.75. The van der Waals surface area contributed by atoms with Crippen LogP contribution in [0.3, 0.4) is 0 Å². The largest absolute Gasteiger partial charge is 0.382 e. The molecule has 5 aromatic rings. The van der Waals surface area contributed by atoms with Gasteiger partial charge in [0.25, 0.3) is 5.91 Å². The molecule has 31 heavy (non-hydrogen) atoms. The van der Waals surface area contributed by atoms with Crippen LogP contribution in [0.2, 0.25) is 5.02 Å². The van der Waals surface area contributed by atoms with Crippen LogP contribution in [0.5, 0.6) is 0 Å². The normalized spacial score (nSPS) is 11.2. The Labute approximate surface area is 182 Å². The van der Waals surface area contributed by atoms with Crippen molar-refractivity contribution in [2.75, 3.05) is 5.73 Å². The number of fused-ring (bicyclic) bond motifs is 1. The van der Waals surface area contributed by atoms with Gasteiger partial charge in [0.1, 0.15) is 11.4 Å². The number of nitrogen functional groups attached to an aromatic ring is 1. The number of nitrogens with zero attached hydrogens (tertiary/aromatic N) is 6. The minimum Gasteiger partial charge on any atom is -0.382 e. The van der Waals surface area contributed by atoms with Crippen LogP contribution in [-0.2, 0) is 7.05 Å². The minimum absolute atomic E-state index is 0.0247. The first-order valence-electron chi connectivity index (χ1n) is 9.41. The van der Waals surface area contributed by atoms with Crippen molar-refractivity contribution in [2.45, 2.75) is 0 Å². The van der Waals surface area contributed by atoms with Gasteiger partial charge in [-0.25, -0.2) is 9.97 Å². The molecular weight excluding hydrogens is 414 g/mol. The zero-order chi connectivity index (χ0) is 21.5. The molecule has 0 fully saturated rings. The molecule has 2 N–H and O–H groups in total. The van der Waals surface area contributed by atoms with Gasteiger partial charge in [-0.2, -0.15) is 5.10 Å². The second-order valence-electron chi connectivity index (χ2n) is 6.96. The lowest BCUT2D eigenvalue weighted by Gasteiger charge is -2.12. The Morgan fingerprint density at radius 2 is 1.84 bits per heavy atom. The molecular formula is C22H16ClN7O. The van der Waals surface area contributed by atoms with Crippen molar-refractivity contribution in [3.8, 4) is 22.6 Å². The lowest BCUT2D eigenvalue weighted by atomic mass is 10.0. The number of nitrogens with two attached hydrogens (primary N) is 1. The van der Waals surface area contributed by atoms with Crippen molar-refractivity contribution >= 4 is 34.2 Å². The first kappa shape index (κ1) is 19.0. The molecule has 4 heterocycles. The molecule has 0 aliphatic rings. The van der Waals surface area contributed by atoms with Gasteiger partial charge >= 0.3 is 0 Å². The molecule has 8 nitrogen and oxygen atoms in total. The van der Waals surface area contributed by atoms with Crippen LogP contribution >= 0.6 is 11.6 Å².